The number of hydrogen-bond donors (Lipinski definition) is 2. The first-order valence-electron chi connectivity index (χ1n) is 10.6. The van der Waals surface area contributed by atoms with Crippen molar-refractivity contribution in [2.75, 3.05) is 59.4 Å². The van der Waals surface area contributed by atoms with Crippen LogP contribution in [0.25, 0.3) is 0 Å². The molecule has 1 aromatic carbocycles. The first kappa shape index (κ1) is 22.7. The van der Waals surface area contributed by atoms with Gasteiger partial charge in [0.2, 0.25) is 0 Å². The molecule has 5 rings (SSSR count). The molecule has 4 heterocycles. The number of guanidine groups is 1. The van der Waals surface area contributed by atoms with E-state index in [4.69, 9.17) is 0 Å². The number of nitrogens with zero attached hydrogens (tertiary/aromatic N) is 4. The molecule has 1 unspecified atom stereocenters. The van der Waals surface area contributed by atoms with E-state index in [-0.39, 0.29) is 29.8 Å². The van der Waals surface area contributed by atoms with Gasteiger partial charge in [-0.15, -0.1) is 24.0 Å². The van der Waals surface area contributed by atoms with Gasteiger partial charge in [-0.05, 0) is 30.5 Å². The topological polar surface area (TPSA) is 46.1 Å². The second-order valence-corrected chi connectivity index (χ2v) is 8.26. The van der Waals surface area contributed by atoms with Crippen LogP contribution in [0.15, 0.2) is 29.3 Å². The van der Waals surface area contributed by atoms with Crippen molar-refractivity contribution in [3.05, 3.63) is 35.6 Å². The van der Waals surface area contributed by atoms with Crippen molar-refractivity contribution in [1.29, 1.82) is 0 Å². The van der Waals surface area contributed by atoms with E-state index in [1.807, 2.05) is 19.2 Å². The van der Waals surface area contributed by atoms with Crippen LogP contribution < -0.4 is 10.6 Å². The quantitative estimate of drug-likeness (QED) is 0.354. The predicted octanol–water partition coefficient (Wildman–Crippen LogP) is 1.57. The Morgan fingerprint density at radius 1 is 1.07 bits per heavy atom. The van der Waals surface area contributed by atoms with Gasteiger partial charge in [-0.3, -0.25) is 19.7 Å². The average Bonchev–Trinajstić information content (AvgIpc) is 2.75. The minimum Gasteiger partial charge on any atom is -0.355 e. The fourth-order valence-corrected chi connectivity index (χ4v) is 4.60. The number of halogens is 2. The summed E-state index contributed by atoms with van der Waals surface area (Å²) in [4.78, 5) is 12.1. The van der Waals surface area contributed by atoms with Gasteiger partial charge in [-0.25, -0.2) is 4.39 Å². The normalized spacial score (nSPS) is 28.1. The second-order valence-electron chi connectivity index (χ2n) is 8.26. The summed E-state index contributed by atoms with van der Waals surface area (Å²) < 4.78 is 13.1. The van der Waals surface area contributed by atoms with Gasteiger partial charge in [0.1, 0.15) is 5.82 Å². The maximum absolute atomic E-state index is 13.1. The molecule has 8 heteroatoms. The third-order valence-corrected chi connectivity index (χ3v) is 6.37. The van der Waals surface area contributed by atoms with Crippen LogP contribution >= 0.6 is 24.0 Å². The van der Waals surface area contributed by atoms with Crippen LogP contribution in [0.2, 0.25) is 0 Å². The van der Waals surface area contributed by atoms with E-state index in [0.717, 1.165) is 45.0 Å². The van der Waals surface area contributed by atoms with Gasteiger partial charge in [-0.2, -0.15) is 0 Å². The van der Waals surface area contributed by atoms with Crippen molar-refractivity contribution in [2.24, 2.45) is 4.99 Å². The third-order valence-electron chi connectivity index (χ3n) is 6.37. The van der Waals surface area contributed by atoms with Crippen molar-refractivity contribution in [3.63, 3.8) is 0 Å². The molecule has 0 radical (unpaired) electrons. The fraction of sp³-hybridized carbons (Fsp3) is 0.667. The van der Waals surface area contributed by atoms with E-state index in [9.17, 15) is 4.39 Å². The molecule has 1 atom stereocenters. The number of nitrogens with one attached hydrogen (secondary N) is 2. The lowest BCUT2D eigenvalue weighted by Gasteiger charge is -2.47. The summed E-state index contributed by atoms with van der Waals surface area (Å²) in [5.74, 6) is 0.759. The van der Waals surface area contributed by atoms with E-state index in [1.54, 1.807) is 12.1 Å². The van der Waals surface area contributed by atoms with Crippen LogP contribution in [0.4, 0.5) is 4.39 Å². The molecular weight excluding hydrogens is 482 g/mol. The molecule has 29 heavy (non-hydrogen) atoms. The maximum atomic E-state index is 13.1. The van der Waals surface area contributed by atoms with Crippen molar-refractivity contribution in [1.82, 2.24) is 25.3 Å². The number of piperazine rings is 3. The molecule has 4 aliphatic rings. The van der Waals surface area contributed by atoms with Crippen molar-refractivity contribution >= 4 is 29.9 Å². The molecule has 4 saturated heterocycles. The SMILES string of the molecule is CN=C(NCC1CN2CCN1CC2)NC1CCN(Cc2ccc(F)cc2)CC1.I. The predicted molar refractivity (Wildman–Crippen MR) is 126 cm³/mol. The number of fused-ring (bicyclic) bond motifs is 3. The smallest absolute Gasteiger partial charge is 0.191 e. The number of piperidine rings is 1. The number of benzene rings is 1. The summed E-state index contributed by atoms with van der Waals surface area (Å²) >= 11 is 0. The fourth-order valence-electron chi connectivity index (χ4n) is 4.60. The Balaban J connectivity index is 0.00000240. The summed E-state index contributed by atoms with van der Waals surface area (Å²) in [6.07, 6.45) is 2.20. The van der Waals surface area contributed by atoms with Gasteiger partial charge < -0.3 is 10.6 Å². The monoisotopic (exact) mass is 516 g/mol. The lowest BCUT2D eigenvalue weighted by Crippen LogP contribution is -2.64. The number of likely N-dealkylation sites (tertiary alicyclic amines) is 1. The molecule has 4 aliphatic heterocycles. The summed E-state index contributed by atoms with van der Waals surface area (Å²) in [5, 5.41) is 7.16. The largest absolute Gasteiger partial charge is 0.355 e. The molecule has 0 spiro atoms. The Kier molecular flexibility index (Phi) is 8.52. The highest BCUT2D eigenvalue weighted by Crippen LogP contribution is 2.16. The van der Waals surface area contributed by atoms with Crippen molar-refractivity contribution in [2.45, 2.75) is 31.5 Å². The molecular formula is C21H34FIN6. The highest BCUT2D eigenvalue weighted by Gasteiger charge is 2.31. The minimum atomic E-state index is -0.166. The van der Waals surface area contributed by atoms with Crippen LogP contribution in [0.1, 0.15) is 18.4 Å². The molecule has 162 valence electrons. The minimum absolute atomic E-state index is 0. The maximum Gasteiger partial charge on any atom is 0.191 e. The zero-order valence-corrected chi connectivity index (χ0v) is 19.6. The number of hydrogen-bond acceptors (Lipinski definition) is 4. The van der Waals surface area contributed by atoms with E-state index >= 15 is 0 Å². The van der Waals surface area contributed by atoms with Crippen LogP contribution in [-0.2, 0) is 6.54 Å². The van der Waals surface area contributed by atoms with E-state index in [2.05, 4.69) is 30.3 Å². The molecule has 6 nitrogen and oxygen atoms in total. The molecule has 0 amide bonds. The Morgan fingerprint density at radius 2 is 1.76 bits per heavy atom. The van der Waals surface area contributed by atoms with Gasteiger partial charge in [0.15, 0.2) is 5.96 Å². The standard InChI is InChI=1S/C21H33FN6.HI/c1-23-21(24-14-20-16-27-10-12-28(20)13-11-27)25-19-6-8-26(9-7-19)15-17-2-4-18(22)5-3-17;/h2-5,19-20H,6-16H2,1H3,(H2,23,24,25);1H. The lowest BCUT2D eigenvalue weighted by molar-refractivity contribution is 0.0154. The molecule has 2 N–H and O–H groups in total. The van der Waals surface area contributed by atoms with Crippen LogP contribution in [0.5, 0.6) is 0 Å². The van der Waals surface area contributed by atoms with Gasteiger partial charge in [0, 0.05) is 78.0 Å². The molecule has 2 bridgehead atoms. The summed E-state index contributed by atoms with van der Waals surface area (Å²) in [5.41, 5.74) is 1.18. The zero-order chi connectivity index (χ0) is 19.3. The second kappa shape index (κ2) is 10.9. The molecule has 0 saturated carbocycles. The first-order chi connectivity index (χ1) is 13.7. The van der Waals surface area contributed by atoms with E-state index in [1.165, 1.54) is 38.3 Å². The van der Waals surface area contributed by atoms with Crippen LogP contribution in [-0.4, -0.2) is 92.1 Å². The van der Waals surface area contributed by atoms with Gasteiger partial charge >= 0.3 is 0 Å². The van der Waals surface area contributed by atoms with Gasteiger partial charge in [0.05, 0.1) is 0 Å². The zero-order valence-electron chi connectivity index (χ0n) is 17.3. The van der Waals surface area contributed by atoms with E-state index in [0.29, 0.717) is 12.1 Å². The number of aliphatic imine (C=N–C) groups is 1. The molecule has 4 fully saturated rings. The Morgan fingerprint density at radius 3 is 2.34 bits per heavy atom. The highest BCUT2D eigenvalue weighted by atomic mass is 127. The summed E-state index contributed by atoms with van der Waals surface area (Å²) in [6, 6.07) is 7.92. The lowest BCUT2D eigenvalue weighted by atomic mass is 10.0. The molecule has 0 aliphatic carbocycles. The first-order valence-corrected chi connectivity index (χ1v) is 10.6. The van der Waals surface area contributed by atoms with Gasteiger partial charge in [0.25, 0.3) is 0 Å². The Bertz CT molecular complexity index is 654. The van der Waals surface area contributed by atoms with E-state index < -0.39 is 0 Å². The Labute approximate surface area is 190 Å². The van der Waals surface area contributed by atoms with Gasteiger partial charge in [-0.1, -0.05) is 12.1 Å². The third kappa shape index (κ3) is 6.26. The Hall–Kier alpha value is -0.970. The molecule has 1 aromatic rings. The highest BCUT2D eigenvalue weighted by molar-refractivity contribution is 14.0. The average molecular weight is 516 g/mol. The summed E-state index contributed by atoms with van der Waals surface area (Å²) in [6.45, 7) is 9.98. The summed E-state index contributed by atoms with van der Waals surface area (Å²) in [7, 11) is 1.86. The number of rotatable bonds is 5. The molecule has 0 aromatic heterocycles. The van der Waals surface area contributed by atoms with Crippen molar-refractivity contribution < 1.29 is 4.39 Å². The van der Waals surface area contributed by atoms with Crippen molar-refractivity contribution in [3.8, 4) is 0 Å². The van der Waals surface area contributed by atoms with Crippen LogP contribution in [0.3, 0.4) is 0 Å². The van der Waals surface area contributed by atoms with Crippen LogP contribution in [0, 0.1) is 5.82 Å².